The Bertz CT molecular complexity index is 2110. The number of nitrogens with one attached hydrogen (secondary N) is 1. The van der Waals surface area contributed by atoms with Crippen LogP contribution in [0.2, 0.25) is 0 Å². The number of rotatable bonds is 4. The number of hydrogen-bond donors (Lipinski definition) is 2. The molecule has 4 fully saturated rings. The van der Waals surface area contributed by atoms with E-state index in [4.69, 9.17) is 14.6 Å². The molecule has 1 aliphatic carbocycles. The number of carbonyl (C=O) groups is 3. The topological polar surface area (TPSA) is 128 Å². The molecule has 2 atom stereocenters. The van der Waals surface area contributed by atoms with Crippen LogP contribution in [0.4, 0.5) is 11.5 Å². The summed E-state index contributed by atoms with van der Waals surface area (Å²) in [6, 6.07) is 27.1. The van der Waals surface area contributed by atoms with E-state index in [0.717, 1.165) is 86.7 Å². The van der Waals surface area contributed by atoms with Crippen LogP contribution in [0.25, 0.3) is 0 Å². The number of phenols is 1. The van der Waals surface area contributed by atoms with Crippen LogP contribution >= 0.6 is 0 Å². The van der Waals surface area contributed by atoms with Crippen LogP contribution in [0.15, 0.2) is 91.1 Å². The van der Waals surface area contributed by atoms with Gasteiger partial charge in [0.1, 0.15) is 35.7 Å². The molecule has 3 saturated heterocycles. The van der Waals surface area contributed by atoms with E-state index in [1.54, 1.807) is 17.0 Å². The zero-order chi connectivity index (χ0) is 40.3. The third-order valence-electron chi connectivity index (χ3n) is 13.3. The van der Waals surface area contributed by atoms with Crippen molar-refractivity contribution in [1.82, 2.24) is 20.1 Å². The number of imide groups is 1. The SMILES string of the molecule is O=C1CCC(N2Cc3c(ccc4c3OCC3CN(CC5CC6(CCN(c7ccccn7)CC6)C5)CCN43)C2=O)C(=O)N1.Oc1ccc2c(c1)OCCC2.c1ccccc1. The summed E-state index contributed by atoms with van der Waals surface area (Å²) in [6.07, 6.45) is 9.89. The molecule has 3 amide bonds. The summed E-state index contributed by atoms with van der Waals surface area (Å²) < 4.78 is 11.7. The van der Waals surface area contributed by atoms with E-state index in [1.165, 1.54) is 37.8 Å². The largest absolute Gasteiger partial charge is 0.508 e. The van der Waals surface area contributed by atoms with Gasteiger partial charge in [-0.1, -0.05) is 48.5 Å². The molecule has 308 valence electrons. The monoisotopic (exact) mass is 798 g/mol. The van der Waals surface area contributed by atoms with Crippen LogP contribution < -0.4 is 24.6 Å². The predicted octanol–water partition coefficient (Wildman–Crippen LogP) is 5.83. The molecule has 1 aromatic heterocycles. The summed E-state index contributed by atoms with van der Waals surface area (Å²) >= 11 is 0. The van der Waals surface area contributed by atoms with Crippen LogP contribution in [0.3, 0.4) is 0 Å². The highest BCUT2D eigenvalue weighted by Crippen LogP contribution is 2.53. The first-order chi connectivity index (χ1) is 28.8. The summed E-state index contributed by atoms with van der Waals surface area (Å²) in [5.41, 5.74) is 4.28. The van der Waals surface area contributed by atoms with Crippen molar-refractivity contribution >= 4 is 29.2 Å². The van der Waals surface area contributed by atoms with Crippen molar-refractivity contribution in [1.29, 1.82) is 0 Å². The number of hydrogen-bond acceptors (Lipinski definition) is 10. The Balaban J connectivity index is 0.000000217. The van der Waals surface area contributed by atoms with Crippen LogP contribution in [-0.4, -0.2) is 102 Å². The number of nitrogens with zero attached hydrogens (tertiary/aromatic N) is 5. The molecule has 1 saturated carbocycles. The summed E-state index contributed by atoms with van der Waals surface area (Å²) in [5, 5.41) is 11.5. The molecule has 1 spiro atoms. The first-order valence-corrected chi connectivity index (χ1v) is 21.4. The minimum atomic E-state index is -0.614. The van der Waals surface area contributed by atoms with Gasteiger partial charge >= 0.3 is 0 Å². The van der Waals surface area contributed by atoms with Crippen molar-refractivity contribution < 1.29 is 29.0 Å². The molecule has 7 aliphatic rings. The molecule has 3 aromatic carbocycles. The Hall–Kier alpha value is -5.62. The highest BCUT2D eigenvalue weighted by molar-refractivity contribution is 6.06. The molecule has 6 aliphatic heterocycles. The lowest BCUT2D eigenvalue weighted by Crippen LogP contribution is -2.59. The maximum absolute atomic E-state index is 13.2. The highest BCUT2D eigenvalue weighted by atomic mass is 16.5. The highest BCUT2D eigenvalue weighted by Gasteiger charge is 2.47. The minimum absolute atomic E-state index is 0.154. The third kappa shape index (κ3) is 8.32. The Morgan fingerprint density at radius 3 is 2.39 bits per heavy atom. The van der Waals surface area contributed by atoms with E-state index in [-0.39, 0.29) is 29.9 Å². The molecule has 2 unspecified atom stereocenters. The van der Waals surface area contributed by atoms with E-state index in [2.05, 4.69) is 37.1 Å². The van der Waals surface area contributed by atoms with Gasteiger partial charge in [-0.2, -0.15) is 0 Å². The van der Waals surface area contributed by atoms with Crippen molar-refractivity contribution in [2.75, 3.05) is 62.3 Å². The molecule has 59 heavy (non-hydrogen) atoms. The number of anilines is 2. The van der Waals surface area contributed by atoms with E-state index >= 15 is 0 Å². The van der Waals surface area contributed by atoms with Gasteiger partial charge in [-0.15, -0.1) is 0 Å². The Labute approximate surface area is 346 Å². The molecule has 4 aromatic rings. The number of fused-ring (bicyclic) bond motifs is 6. The van der Waals surface area contributed by atoms with Crippen molar-refractivity contribution in [3.8, 4) is 17.2 Å². The number of piperidine rings is 2. The maximum Gasteiger partial charge on any atom is 0.255 e. The fraction of sp³-hybridized carbons (Fsp3) is 0.447. The Morgan fingerprint density at radius 1 is 0.847 bits per heavy atom. The maximum atomic E-state index is 13.2. The first-order valence-electron chi connectivity index (χ1n) is 21.4. The Kier molecular flexibility index (Phi) is 11.2. The van der Waals surface area contributed by atoms with Gasteiger partial charge in [-0.25, -0.2) is 4.98 Å². The number of carbonyl (C=O) groups excluding carboxylic acids is 3. The van der Waals surface area contributed by atoms with Crippen LogP contribution in [0.5, 0.6) is 17.2 Å². The van der Waals surface area contributed by atoms with Gasteiger partial charge in [-0.05, 0) is 92.2 Å². The lowest BCUT2D eigenvalue weighted by atomic mass is 9.57. The first kappa shape index (κ1) is 38.9. The summed E-state index contributed by atoms with van der Waals surface area (Å²) in [6.45, 7) is 8.09. The number of piperazine rings is 1. The normalized spacial score (nSPS) is 23.1. The number of amides is 3. The van der Waals surface area contributed by atoms with Crippen LogP contribution in [-0.2, 0) is 22.6 Å². The van der Waals surface area contributed by atoms with Gasteiger partial charge < -0.3 is 29.3 Å². The zero-order valence-electron chi connectivity index (χ0n) is 33.6. The van der Waals surface area contributed by atoms with Gasteiger partial charge in [-0.3, -0.25) is 24.6 Å². The van der Waals surface area contributed by atoms with Crippen LogP contribution in [0.1, 0.15) is 66.4 Å². The Morgan fingerprint density at radius 2 is 1.64 bits per heavy atom. The number of benzene rings is 3. The molecule has 0 radical (unpaired) electrons. The zero-order valence-corrected chi connectivity index (χ0v) is 33.6. The second-order valence-corrected chi connectivity index (χ2v) is 17.1. The quantitative estimate of drug-likeness (QED) is 0.244. The number of phenolic OH excluding ortho intramolecular Hbond substituents is 1. The molecular weight excluding hydrogens is 745 g/mol. The smallest absolute Gasteiger partial charge is 0.255 e. The van der Waals surface area contributed by atoms with E-state index in [0.29, 0.717) is 36.6 Å². The number of pyridine rings is 1. The summed E-state index contributed by atoms with van der Waals surface area (Å²) in [7, 11) is 0. The second-order valence-electron chi connectivity index (χ2n) is 17.1. The summed E-state index contributed by atoms with van der Waals surface area (Å²) in [4.78, 5) is 51.0. The lowest BCUT2D eigenvalue weighted by Gasteiger charge is -2.54. The predicted molar refractivity (Wildman–Crippen MR) is 225 cm³/mol. The van der Waals surface area contributed by atoms with Gasteiger partial charge in [0.2, 0.25) is 11.8 Å². The minimum Gasteiger partial charge on any atom is -0.508 e. The fourth-order valence-electron chi connectivity index (χ4n) is 10.2. The second kappa shape index (κ2) is 16.9. The van der Waals surface area contributed by atoms with E-state index in [1.807, 2.05) is 66.9 Å². The van der Waals surface area contributed by atoms with Crippen LogP contribution in [0, 0.1) is 11.3 Å². The van der Waals surface area contributed by atoms with Gasteiger partial charge in [0.25, 0.3) is 5.91 Å². The van der Waals surface area contributed by atoms with Crippen molar-refractivity contribution in [2.24, 2.45) is 11.3 Å². The molecule has 2 N–H and O–H groups in total. The molecule has 7 heterocycles. The average Bonchev–Trinajstić information content (AvgIpc) is 3.60. The fourth-order valence-corrected chi connectivity index (χ4v) is 10.2. The third-order valence-corrected chi connectivity index (χ3v) is 13.3. The molecular formula is C47H54N6O6. The van der Waals surface area contributed by atoms with Gasteiger partial charge in [0.05, 0.1) is 24.9 Å². The molecule has 12 nitrogen and oxygen atoms in total. The van der Waals surface area contributed by atoms with E-state index < -0.39 is 6.04 Å². The van der Waals surface area contributed by atoms with Crippen molar-refractivity contribution in [2.45, 2.75) is 70.0 Å². The average molecular weight is 799 g/mol. The van der Waals surface area contributed by atoms with Crippen molar-refractivity contribution in [3.63, 3.8) is 0 Å². The van der Waals surface area contributed by atoms with E-state index in [9.17, 15) is 14.4 Å². The number of aromatic hydroxyl groups is 1. The standard InChI is InChI=1S/C32H38N6O4.C9H10O2.C6H6/c39-28-7-6-26(30(40)34-28)38-19-24-23(31(38)41)4-5-25-29(24)42-20-22-18-35(13-14-37(22)25)17-21-15-32(16-21)8-11-36(12-9-32)27-3-1-2-10-33-27;10-8-4-3-7-2-1-5-11-9(7)6-8;1-2-4-6-5-3-1/h1-5,10,21-22,26H,6-9,11-20H2,(H,34,39,40);3-4,6,10H,1-2,5H2;1-6H. The number of aromatic nitrogens is 1. The summed E-state index contributed by atoms with van der Waals surface area (Å²) in [5.74, 6) is 3.00. The molecule has 0 bridgehead atoms. The molecule has 11 rings (SSSR count). The van der Waals surface area contributed by atoms with Gasteiger partial charge in [0.15, 0.2) is 0 Å². The number of aryl methyl sites for hydroxylation is 1. The number of ether oxygens (including phenoxy) is 2. The molecule has 12 heteroatoms. The van der Waals surface area contributed by atoms with Gasteiger partial charge in [0, 0.05) is 69.1 Å². The lowest BCUT2D eigenvalue weighted by molar-refractivity contribution is -0.136. The van der Waals surface area contributed by atoms with Crippen molar-refractivity contribution in [3.05, 3.63) is 108 Å².